The molecule has 0 aliphatic heterocycles. The third-order valence-electron chi connectivity index (χ3n) is 3.79. The van der Waals surface area contributed by atoms with Crippen LogP contribution in [0.2, 0.25) is 18.1 Å². The van der Waals surface area contributed by atoms with Gasteiger partial charge < -0.3 is 9.47 Å². The van der Waals surface area contributed by atoms with E-state index in [2.05, 4.69) is 55.0 Å². The van der Waals surface area contributed by atoms with Crippen LogP contribution in [0.15, 0.2) is 22.7 Å². The first kappa shape index (κ1) is 16.7. The number of benzene rings is 1. The highest BCUT2D eigenvalue weighted by molar-refractivity contribution is 9.10. The Labute approximate surface area is 127 Å². The second-order valence-electron chi connectivity index (χ2n) is 5.91. The third kappa shape index (κ3) is 5.28. The molecule has 0 unspecified atom stereocenters. The van der Waals surface area contributed by atoms with Gasteiger partial charge in [-0.3, -0.25) is 0 Å². The summed E-state index contributed by atoms with van der Waals surface area (Å²) in [4.78, 5) is 0. The predicted octanol–water partition coefficient (Wildman–Crippen LogP) is 4.28. The van der Waals surface area contributed by atoms with Crippen molar-refractivity contribution in [1.29, 1.82) is 0 Å². The van der Waals surface area contributed by atoms with Gasteiger partial charge in [-0.15, -0.1) is 0 Å². The van der Waals surface area contributed by atoms with Crippen molar-refractivity contribution in [1.82, 2.24) is 0 Å². The van der Waals surface area contributed by atoms with Crippen LogP contribution in [0.1, 0.15) is 19.4 Å². The van der Waals surface area contributed by atoms with Gasteiger partial charge in [-0.05, 0) is 45.1 Å². The summed E-state index contributed by atoms with van der Waals surface area (Å²) in [6.07, 6.45) is 0.943. The van der Waals surface area contributed by atoms with Crippen molar-refractivity contribution in [3.8, 4) is 5.75 Å². The number of rotatable bonds is 7. The van der Waals surface area contributed by atoms with Crippen molar-refractivity contribution in [2.75, 3.05) is 20.3 Å². The van der Waals surface area contributed by atoms with Crippen molar-refractivity contribution in [2.24, 2.45) is 0 Å². The van der Waals surface area contributed by atoms with Crippen LogP contribution in [0.5, 0.6) is 5.75 Å². The molecule has 108 valence electrons. The van der Waals surface area contributed by atoms with E-state index in [1.54, 1.807) is 7.11 Å². The zero-order valence-electron chi connectivity index (χ0n) is 12.6. The van der Waals surface area contributed by atoms with Crippen molar-refractivity contribution in [3.05, 3.63) is 28.2 Å². The maximum absolute atomic E-state index is 5.85. The zero-order chi connectivity index (χ0) is 14.5. The summed E-state index contributed by atoms with van der Waals surface area (Å²) in [6, 6.07) is 6.18. The molecule has 0 bridgehead atoms. The molecule has 0 atom stereocenters. The SMILES string of the molecule is COc1ccc(CCOCC(C)(C)[SiH](C)C)cc1Br. The Bertz CT molecular complexity index is 405. The Kier molecular flexibility index (Phi) is 6.57. The molecule has 0 heterocycles. The molecule has 4 heteroatoms. The minimum absolute atomic E-state index is 0.375. The van der Waals surface area contributed by atoms with Crippen LogP contribution in [0, 0.1) is 0 Å². The van der Waals surface area contributed by atoms with E-state index in [0.717, 1.165) is 29.9 Å². The summed E-state index contributed by atoms with van der Waals surface area (Å²) >= 11 is 3.51. The van der Waals surface area contributed by atoms with Crippen LogP contribution < -0.4 is 4.74 Å². The predicted molar refractivity (Wildman–Crippen MR) is 88.1 cm³/mol. The minimum Gasteiger partial charge on any atom is -0.496 e. The number of hydrogen-bond donors (Lipinski definition) is 0. The van der Waals surface area contributed by atoms with E-state index in [-0.39, 0.29) is 0 Å². The third-order valence-corrected chi connectivity index (χ3v) is 7.70. The highest BCUT2D eigenvalue weighted by Crippen LogP contribution is 2.28. The van der Waals surface area contributed by atoms with E-state index in [1.807, 2.05) is 6.07 Å². The van der Waals surface area contributed by atoms with Crippen molar-refractivity contribution < 1.29 is 9.47 Å². The van der Waals surface area contributed by atoms with Gasteiger partial charge in [0, 0.05) is 15.4 Å². The second kappa shape index (κ2) is 7.46. The summed E-state index contributed by atoms with van der Waals surface area (Å²) in [7, 11) is 1.02. The van der Waals surface area contributed by atoms with Crippen LogP contribution >= 0.6 is 15.9 Å². The van der Waals surface area contributed by atoms with Crippen LogP contribution in [0.4, 0.5) is 0 Å². The molecular formula is C15H25BrO2Si. The summed E-state index contributed by atoms with van der Waals surface area (Å²) in [6.45, 7) is 11.0. The molecule has 0 aliphatic rings. The molecule has 0 spiro atoms. The molecule has 0 N–H and O–H groups in total. The Morgan fingerprint density at radius 2 is 1.95 bits per heavy atom. The van der Waals surface area contributed by atoms with E-state index in [1.165, 1.54) is 5.56 Å². The lowest BCUT2D eigenvalue weighted by molar-refractivity contribution is 0.116. The summed E-state index contributed by atoms with van der Waals surface area (Å²) < 4.78 is 12.1. The van der Waals surface area contributed by atoms with E-state index in [4.69, 9.17) is 9.47 Å². The van der Waals surface area contributed by atoms with Crippen LogP contribution in [0.3, 0.4) is 0 Å². The van der Waals surface area contributed by atoms with Crippen molar-refractivity contribution in [3.63, 3.8) is 0 Å². The standard InChI is InChI=1S/C15H25BrO2Si/c1-15(2,19(4)5)11-18-9-8-12-6-7-14(17-3)13(16)10-12/h6-7,10,19H,8-9,11H2,1-5H3. The number of methoxy groups -OCH3 is 1. The first-order valence-corrected chi connectivity index (χ1v) is 10.4. The fourth-order valence-corrected chi connectivity index (χ4v) is 2.60. The molecule has 1 rings (SSSR count). The van der Waals surface area contributed by atoms with E-state index in [9.17, 15) is 0 Å². The van der Waals surface area contributed by atoms with Crippen molar-refractivity contribution >= 4 is 24.7 Å². The molecule has 19 heavy (non-hydrogen) atoms. The van der Waals surface area contributed by atoms with Gasteiger partial charge in [-0.1, -0.05) is 33.0 Å². The van der Waals surface area contributed by atoms with Gasteiger partial charge in [0.1, 0.15) is 5.75 Å². The van der Waals surface area contributed by atoms with Gasteiger partial charge in [0.15, 0.2) is 0 Å². The average molecular weight is 345 g/mol. The molecule has 2 nitrogen and oxygen atoms in total. The molecular weight excluding hydrogens is 320 g/mol. The largest absolute Gasteiger partial charge is 0.496 e. The van der Waals surface area contributed by atoms with Gasteiger partial charge >= 0.3 is 0 Å². The molecule has 0 radical (unpaired) electrons. The molecule has 0 aliphatic carbocycles. The molecule has 0 amide bonds. The average Bonchev–Trinajstić information content (AvgIpc) is 2.34. The highest BCUT2D eigenvalue weighted by Gasteiger charge is 2.23. The maximum Gasteiger partial charge on any atom is 0.133 e. The Balaban J connectivity index is 2.40. The summed E-state index contributed by atoms with van der Waals surface area (Å²) in [5.74, 6) is 0.872. The topological polar surface area (TPSA) is 18.5 Å². The lowest BCUT2D eigenvalue weighted by Gasteiger charge is -2.27. The minimum atomic E-state index is -0.664. The van der Waals surface area contributed by atoms with Crippen molar-refractivity contribution in [2.45, 2.75) is 38.4 Å². The molecule has 0 aromatic heterocycles. The highest BCUT2D eigenvalue weighted by atomic mass is 79.9. The molecule has 1 aromatic carbocycles. The van der Waals surface area contributed by atoms with Crippen LogP contribution in [-0.2, 0) is 11.2 Å². The lowest BCUT2D eigenvalue weighted by atomic mass is 10.1. The first-order valence-electron chi connectivity index (χ1n) is 6.77. The Morgan fingerprint density at radius 3 is 2.47 bits per heavy atom. The summed E-state index contributed by atoms with van der Waals surface area (Å²) in [5.41, 5.74) is 1.27. The zero-order valence-corrected chi connectivity index (χ0v) is 15.4. The molecule has 0 saturated carbocycles. The monoisotopic (exact) mass is 344 g/mol. The molecule has 1 aromatic rings. The second-order valence-corrected chi connectivity index (χ2v) is 10.6. The number of hydrogen-bond acceptors (Lipinski definition) is 2. The fourth-order valence-electron chi connectivity index (χ4n) is 1.56. The van der Waals surface area contributed by atoms with Gasteiger partial charge in [0.25, 0.3) is 0 Å². The maximum atomic E-state index is 5.85. The number of ether oxygens (including phenoxy) is 2. The van der Waals surface area contributed by atoms with E-state index >= 15 is 0 Å². The lowest BCUT2D eigenvalue weighted by Crippen LogP contribution is -2.26. The Hall–Kier alpha value is -0.323. The molecule has 0 fully saturated rings. The quantitative estimate of drug-likeness (QED) is 0.542. The number of halogens is 1. The summed E-state index contributed by atoms with van der Waals surface area (Å²) in [5, 5.41) is 0.375. The fraction of sp³-hybridized carbons (Fsp3) is 0.600. The van der Waals surface area contributed by atoms with Gasteiger partial charge in [-0.2, -0.15) is 0 Å². The smallest absolute Gasteiger partial charge is 0.133 e. The van der Waals surface area contributed by atoms with Crippen LogP contribution in [0.25, 0.3) is 0 Å². The first-order chi connectivity index (χ1) is 8.86. The van der Waals surface area contributed by atoms with Gasteiger partial charge in [0.2, 0.25) is 0 Å². The Morgan fingerprint density at radius 1 is 1.26 bits per heavy atom. The van der Waals surface area contributed by atoms with Crippen LogP contribution in [-0.4, -0.2) is 29.1 Å². The van der Waals surface area contributed by atoms with E-state index in [0.29, 0.717) is 5.04 Å². The normalized spacial score (nSPS) is 11.9. The van der Waals surface area contributed by atoms with Gasteiger partial charge in [0.05, 0.1) is 18.2 Å². The van der Waals surface area contributed by atoms with E-state index < -0.39 is 8.80 Å². The van der Waals surface area contributed by atoms with Gasteiger partial charge in [-0.25, -0.2) is 0 Å². The molecule has 0 saturated heterocycles.